The van der Waals surface area contributed by atoms with E-state index in [1.54, 1.807) is 16.2 Å². The Bertz CT molecular complexity index is 1190. The molecule has 0 spiro atoms. The van der Waals surface area contributed by atoms with Crippen molar-refractivity contribution >= 4 is 32.6 Å². The molecule has 0 unspecified atom stereocenters. The van der Waals surface area contributed by atoms with Gasteiger partial charge in [-0.05, 0) is 54.8 Å². The van der Waals surface area contributed by atoms with Crippen LogP contribution in [-0.2, 0) is 6.54 Å². The second kappa shape index (κ2) is 10.4. The number of amides is 1. The maximum atomic E-state index is 13.7. The molecule has 0 saturated heterocycles. The monoisotopic (exact) mass is 444 g/mol. The summed E-state index contributed by atoms with van der Waals surface area (Å²) in [5, 5.41) is 0.703. The van der Waals surface area contributed by atoms with Crippen molar-refractivity contribution in [2.75, 3.05) is 11.5 Å². The van der Waals surface area contributed by atoms with Crippen molar-refractivity contribution < 1.29 is 9.53 Å². The third-order valence-electron chi connectivity index (χ3n) is 5.29. The number of carbonyl (C=O) groups is 1. The third-order valence-corrected chi connectivity index (χ3v) is 6.33. The minimum absolute atomic E-state index is 0.0800. The lowest BCUT2D eigenvalue weighted by Crippen LogP contribution is -2.30. The van der Waals surface area contributed by atoms with E-state index in [4.69, 9.17) is 9.72 Å². The van der Waals surface area contributed by atoms with Gasteiger partial charge in [0.05, 0.1) is 23.4 Å². The molecule has 4 nitrogen and oxygen atoms in total. The number of thiazole rings is 1. The molecule has 0 bridgehead atoms. The summed E-state index contributed by atoms with van der Waals surface area (Å²) >= 11 is 1.55. The van der Waals surface area contributed by atoms with E-state index in [1.807, 2.05) is 60.7 Å². The van der Waals surface area contributed by atoms with Crippen molar-refractivity contribution in [2.45, 2.75) is 39.7 Å². The van der Waals surface area contributed by atoms with Gasteiger partial charge in [-0.1, -0.05) is 73.6 Å². The number of hydrogen-bond acceptors (Lipinski definition) is 4. The normalized spacial score (nSPS) is 10.9. The van der Waals surface area contributed by atoms with Gasteiger partial charge in [-0.2, -0.15) is 0 Å². The Labute approximate surface area is 193 Å². The molecule has 164 valence electrons. The minimum atomic E-state index is -0.0800. The Kier molecular flexibility index (Phi) is 7.17. The molecular weight excluding hydrogens is 416 g/mol. The van der Waals surface area contributed by atoms with Crippen LogP contribution in [0, 0.1) is 6.92 Å². The van der Waals surface area contributed by atoms with Crippen LogP contribution in [0.2, 0.25) is 0 Å². The molecule has 1 heterocycles. The zero-order valence-corrected chi connectivity index (χ0v) is 19.4. The van der Waals surface area contributed by atoms with E-state index in [0.29, 0.717) is 23.8 Å². The predicted octanol–water partition coefficient (Wildman–Crippen LogP) is 7.02. The van der Waals surface area contributed by atoms with E-state index in [-0.39, 0.29) is 5.91 Å². The zero-order chi connectivity index (χ0) is 22.3. The molecule has 0 saturated carbocycles. The number of hydrogen-bond donors (Lipinski definition) is 0. The Morgan fingerprint density at radius 3 is 2.66 bits per heavy atom. The van der Waals surface area contributed by atoms with Gasteiger partial charge in [-0.3, -0.25) is 9.69 Å². The molecule has 0 aliphatic rings. The van der Waals surface area contributed by atoms with E-state index < -0.39 is 0 Å². The third kappa shape index (κ3) is 5.35. The van der Waals surface area contributed by atoms with E-state index in [2.05, 4.69) is 26.0 Å². The average molecular weight is 445 g/mol. The van der Waals surface area contributed by atoms with E-state index in [9.17, 15) is 4.79 Å². The Hall–Kier alpha value is -3.18. The lowest BCUT2D eigenvalue weighted by atomic mass is 10.1. The van der Waals surface area contributed by atoms with Crippen LogP contribution in [0.15, 0.2) is 72.8 Å². The molecule has 1 aromatic heterocycles. The summed E-state index contributed by atoms with van der Waals surface area (Å²) < 4.78 is 6.96. The number of benzene rings is 3. The summed E-state index contributed by atoms with van der Waals surface area (Å²) in [6, 6.07) is 23.7. The van der Waals surface area contributed by atoms with Gasteiger partial charge in [0, 0.05) is 5.56 Å². The van der Waals surface area contributed by atoms with Crippen LogP contribution in [0.3, 0.4) is 0 Å². The smallest absolute Gasteiger partial charge is 0.260 e. The standard InChI is InChI=1S/C27H28N2O2S/c1-3-4-8-16-31-23-13-9-12-22(18-23)26(30)29(19-21-10-6-5-7-11-21)27-28-24-15-14-20(2)17-25(24)32-27/h5-7,9-15,17-18H,3-4,8,16,19H2,1-2H3. The lowest BCUT2D eigenvalue weighted by Gasteiger charge is -2.20. The molecular formula is C27H28N2O2S. The quantitative estimate of drug-likeness (QED) is 0.261. The predicted molar refractivity (Wildman–Crippen MR) is 133 cm³/mol. The van der Waals surface area contributed by atoms with Crippen molar-refractivity contribution in [3.63, 3.8) is 0 Å². The highest BCUT2D eigenvalue weighted by Gasteiger charge is 2.22. The van der Waals surface area contributed by atoms with Gasteiger partial charge in [0.2, 0.25) is 0 Å². The maximum Gasteiger partial charge on any atom is 0.260 e. The first-order valence-corrected chi connectivity index (χ1v) is 11.9. The highest BCUT2D eigenvalue weighted by atomic mass is 32.1. The van der Waals surface area contributed by atoms with Gasteiger partial charge < -0.3 is 4.74 Å². The van der Waals surface area contributed by atoms with Gasteiger partial charge in [0.1, 0.15) is 5.75 Å². The SMILES string of the molecule is CCCCCOc1cccc(C(=O)N(Cc2ccccc2)c2nc3ccc(C)cc3s2)c1. The van der Waals surface area contributed by atoms with Crippen LogP contribution < -0.4 is 9.64 Å². The van der Waals surface area contributed by atoms with Crippen molar-refractivity contribution in [3.05, 3.63) is 89.5 Å². The van der Waals surface area contributed by atoms with Crippen LogP contribution >= 0.6 is 11.3 Å². The number of ether oxygens (including phenoxy) is 1. The summed E-state index contributed by atoms with van der Waals surface area (Å²) in [6.45, 7) is 5.36. The highest BCUT2D eigenvalue weighted by molar-refractivity contribution is 7.22. The fourth-order valence-corrected chi connectivity index (χ4v) is 4.61. The van der Waals surface area contributed by atoms with Gasteiger partial charge in [-0.15, -0.1) is 0 Å². The Morgan fingerprint density at radius 2 is 1.84 bits per heavy atom. The number of aryl methyl sites for hydroxylation is 1. The number of aromatic nitrogens is 1. The fraction of sp³-hybridized carbons (Fsp3) is 0.259. The summed E-state index contributed by atoms with van der Waals surface area (Å²) in [5.74, 6) is 0.648. The number of unbranched alkanes of at least 4 members (excludes halogenated alkanes) is 2. The first-order chi connectivity index (χ1) is 15.6. The summed E-state index contributed by atoms with van der Waals surface area (Å²) in [7, 11) is 0. The molecule has 0 atom stereocenters. The summed E-state index contributed by atoms with van der Waals surface area (Å²) in [4.78, 5) is 20.2. The Balaban J connectivity index is 1.64. The number of anilines is 1. The molecule has 4 rings (SSSR count). The summed E-state index contributed by atoms with van der Waals surface area (Å²) in [5.41, 5.74) is 3.75. The van der Waals surface area contributed by atoms with E-state index in [1.165, 1.54) is 5.56 Å². The second-order valence-electron chi connectivity index (χ2n) is 7.93. The van der Waals surface area contributed by atoms with Gasteiger partial charge in [0.15, 0.2) is 5.13 Å². The molecule has 1 amide bonds. The van der Waals surface area contributed by atoms with Crippen molar-refractivity contribution in [2.24, 2.45) is 0 Å². The topological polar surface area (TPSA) is 42.4 Å². The van der Waals surface area contributed by atoms with Crippen LogP contribution in [0.4, 0.5) is 5.13 Å². The number of nitrogens with zero attached hydrogens (tertiary/aromatic N) is 2. The molecule has 3 aromatic carbocycles. The van der Waals surface area contributed by atoms with Crippen molar-refractivity contribution in [1.29, 1.82) is 0 Å². The van der Waals surface area contributed by atoms with Crippen LogP contribution in [0.5, 0.6) is 5.75 Å². The minimum Gasteiger partial charge on any atom is -0.494 e. The van der Waals surface area contributed by atoms with Crippen LogP contribution in [0.1, 0.15) is 47.7 Å². The molecule has 4 aromatic rings. The van der Waals surface area contributed by atoms with Crippen LogP contribution in [-0.4, -0.2) is 17.5 Å². The molecule has 5 heteroatoms. The maximum absolute atomic E-state index is 13.7. The molecule has 0 fully saturated rings. The summed E-state index contributed by atoms with van der Waals surface area (Å²) in [6.07, 6.45) is 3.30. The lowest BCUT2D eigenvalue weighted by molar-refractivity contribution is 0.0984. The second-order valence-corrected chi connectivity index (χ2v) is 8.94. The van der Waals surface area contributed by atoms with Crippen LogP contribution in [0.25, 0.3) is 10.2 Å². The molecule has 0 radical (unpaired) electrons. The van der Waals surface area contributed by atoms with E-state index in [0.717, 1.165) is 40.8 Å². The van der Waals surface area contributed by atoms with Crippen molar-refractivity contribution in [1.82, 2.24) is 4.98 Å². The molecule has 32 heavy (non-hydrogen) atoms. The zero-order valence-electron chi connectivity index (χ0n) is 18.6. The first kappa shape index (κ1) is 22.0. The fourth-order valence-electron chi connectivity index (χ4n) is 3.54. The number of carbonyl (C=O) groups excluding carboxylic acids is 1. The number of rotatable bonds is 9. The van der Waals surface area contributed by atoms with E-state index >= 15 is 0 Å². The Morgan fingerprint density at radius 1 is 1.00 bits per heavy atom. The molecule has 0 aliphatic heterocycles. The van der Waals surface area contributed by atoms with Gasteiger partial charge in [0.25, 0.3) is 5.91 Å². The van der Waals surface area contributed by atoms with Crippen molar-refractivity contribution in [3.8, 4) is 5.75 Å². The molecule has 0 aliphatic carbocycles. The first-order valence-electron chi connectivity index (χ1n) is 11.1. The molecule has 0 N–H and O–H groups in total. The van der Waals surface area contributed by atoms with Gasteiger partial charge >= 0.3 is 0 Å². The largest absolute Gasteiger partial charge is 0.494 e. The van der Waals surface area contributed by atoms with Gasteiger partial charge in [-0.25, -0.2) is 4.98 Å². The highest BCUT2D eigenvalue weighted by Crippen LogP contribution is 2.32. The average Bonchev–Trinajstić information content (AvgIpc) is 3.23. The number of fused-ring (bicyclic) bond motifs is 1.